The lowest BCUT2D eigenvalue weighted by Gasteiger charge is -2.26. The first kappa shape index (κ1) is 14.7. The largest absolute Gasteiger partial charge is 0.444 e. The van der Waals surface area contributed by atoms with Crippen molar-refractivity contribution in [3.63, 3.8) is 0 Å². The molecule has 6 nitrogen and oxygen atoms in total. The van der Waals surface area contributed by atoms with Crippen molar-refractivity contribution in [1.82, 2.24) is 14.7 Å². The zero-order valence-electron chi connectivity index (χ0n) is 13.0. The molecule has 1 aliphatic rings. The van der Waals surface area contributed by atoms with Gasteiger partial charge in [0.05, 0.1) is 12.2 Å². The number of aromatic nitrogens is 2. The van der Waals surface area contributed by atoms with E-state index < -0.39 is 5.60 Å². The lowest BCUT2D eigenvalue weighted by atomic mass is 10.2. The molecule has 0 fully saturated rings. The number of nitrogens with zero attached hydrogens (tertiary/aromatic N) is 4. The summed E-state index contributed by atoms with van der Waals surface area (Å²) in [6.07, 6.45) is 0.638. The second-order valence-corrected chi connectivity index (χ2v) is 6.37. The molecule has 0 saturated carbocycles. The second kappa shape index (κ2) is 5.34. The molecule has 6 heteroatoms. The van der Waals surface area contributed by atoms with Gasteiger partial charge in [-0.1, -0.05) is 0 Å². The van der Waals surface area contributed by atoms with Crippen molar-refractivity contribution in [2.45, 2.75) is 45.9 Å². The van der Waals surface area contributed by atoms with Crippen LogP contribution in [0.4, 0.5) is 10.6 Å². The highest BCUT2D eigenvalue weighted by molar-refractivity contribution is 5.68. The lowest BCUT2D eigenvalue weighted by molar-refractivity contribution is 0.0236. The minimum absolute atomic E-state index is 0.251. The first-order chi connectivity index (χ1) is 9.26. The SMILES string of the molecule is CN(C)c1cc2n(n1)CCCN(C(=O)OC(C)(C)C)C2. The van der Waals surface area contributed by atoms with Crippen LogP contribution in [0.1, 0.15) is 32.9 Å². The van der Waals surface area contributed by atoms with Gasteiger partial charge in [0.25, 0.3) is 0 Å². The Morgan fingerprint density at radius 3 is 2.65 bits per heavy atom. The van der Waals surface area contributed by atoms with Crippen LogP contribution in [0.15, 0.2) is 6.07 Å². The first-order valence-corrected chi connectivity index (χ1v) is 6.98. The molecule has 1 aliphatic heterocycles. The van der Waals surface area contributed by atoms with Crippen molar-refractivity contribution in [2.24, 2.45) is 0 Å². The molecule has 0 aromatic carbocycles. The van der Waals surface area contributed by atoms with Gasteiger partial charge in [0.1, 0.15) is 11.4 Å². The summed E-state index contributed by atoms with van der Waals surface area (Å²) in [6, 6.07) is 2.03. The summed E-state index contributed by atoms with van der Waals surface area (Å²) < 4.78 is 7.43. The summed E-state index contributed by atoms with van der Waals surface area (Å²) >= 11 is 0. The van der Waals surface area contributed by atoms with Crippen LogP contribution in [-0.4, -0.2) is 47.0 Å². The van der Waals surface area contributed by atoms with Crippen LogP contribution in [0.2, 0.25) is 0 Å². The maximum atomic E-state index is 12.2. The molecule has 20 heavy (non-hydrogen) atoms. The quantitative estimate of drug-likeness (QED) is 0.790. The number of ether oxygens (including phenoxy) is 1. The van der Waals surface area contributed by atoms with Gasteiger partial charge in [-0.15, -0.1) is 0 Å². The van der Waals surface area contributed by atoms with E-state index in [-0.39, 0.29) is 6.09 Å². The maximum absolute atomic E-state index is 12.2. The van der Waals surface area contributed by atoms with Gasteiger partial charge in [0.15, 0.2) is 0 Å². The Hall–Kier alpha value is -1.72. The number of hydrogen-bond acceptors (Lipinski definition) is 4. The van der Waals surface area contributed by atoms with Crippen LogP contribution in [0.3, 0.4) is 0 Å². The minimum atomic E-state index is -0.460. The highest BCUT2D eigenvalue weighted by Crippen LogP contribution is 2.19. The fourth-order valence-electron chi connectivity index (χ4n) is 2.15. The summed E-state index contributed by atoms with van der Waals surface area (Å²) in [5, 5.41) is 4.54. The van der Waals surface area contributed by atoms with Crippen LogP contribution in [-0.2, 0) is 17.8 Å². The third-order valence-corrected chi connectivity index (χ3v) is 3.11. The summed E-state index contributed by atoms with van der Waals surface area (Å²) in [5.74, 6) is 0.922. The Morgan fingerprint density at radius 2 is 2.05 bits per heavy atom. The highest BCUT2D eigenvalue weighted by atomic mass is 16.6. The fourth-order valence-corrected chi connectivity index (χ4v) is 2.15. The number of hydrogen-bond donors (Lipinski definition) is 0. The number of aryl methyl sites for hydroxylation is 1. The Balaban J connectivity index is 2.13. The number of fused-ring (bicyclic) bond motifs is 1. The average Bonchev–Trinajstić information content (AvgIpc) is 2.59. The van der Waals surface area contributed by atoms with E-state index in [4.69, 9.17) is 4.74 Å². The number of rotatable bonds is 1. The van der Waals surface area contributed by atoms with Gasteiger partial charge in [0.2, 0.25) is 0 Å². The van der Waals surface area contributed by atoms with E-state index in [1.807, 2.05) is 50.5 Å². The molecule has 0 radical (unpaired) electrons. The molecule has 0 atom stereocenters. The van der Waals surface area contributed by atoms with E-state index in [0.29, 0.717) is 13.1 Å². The van der Waals surface area contributed by atoms with Crippen molar-refractivity contribution in [1.29, 1.82) is 0 Å². The molecule has 0 unspecified atom stereocenters. The van der Waals surface area contributed by atoms with Gasteiger partial charge in [-0.25, -0.2) is 4.79 Å². The van der Waals surface area contributed by atoms with Crippen LogP contribution >= 0.6 is 0 Å². The molecule has 0 saturated heterocycles. The van der Waals surface area contributed by atoms with E-state index in [2.05, 4.69) is 5.10 Å². The molecular weight excluding hydrogens is 256 g/mol. The molecule has 0 aliphatic carbocycles. The number of carbonyl (C=O) groups excluding carboxylic acids is 1. The topological polar surface area (TPSA) is 50.6 Å². The number of carbonyl (C=O) groups is 1. The van der Waals surface area contributed by atoms with Crippen molar-refractivity contribution >= 4 is 11.9 Å². The Labute approximate surface area is 120 Å². The predicted octanol–water partition coefficient (Wildman–Crippen LogP) is 2.09. The number of anilines is 1. The van der Waals surface area contributed by atoms with E-state index in [1.54, 1.807) is 4.90 Å². The Kier molecular flexibility index (Phi) is 3.92. The second-order valence-electron chi connectivity index (χ2n) is 6.37. The van der Waals surface area contributed by atoms with Gasteiger partial charge in [-0.2, -0.15) is 5.10 Å². The summed E-state index contributed by atoms with van der Waals surface area (Å²) in [6.45, 7) is 7.75. The molecule has 1 aromatic rings. The molecule has 0 spiro atoms. The van der Waals surface area contributed by atoms with Crippen LogP contribution in [0, 0.1) is 0 Å². The average molecular weight is 280 g/mol. The third-order valence-electron chi connectivity index (χ3n) is 3.11. The third kappa shape index (κ3) is 3.43. The molecule has 2 rings (SSSR count). The molecule has 2 heterocycles. The molecule has 112 valence electrons. The first-order valence-electron chi connectivity index (χ1n) is 6.98. The fraction of sp³-hybridized carbons (Fsp3) is 0.714. The highest BCUT2D eigenvalue weighted by Gasteiger charge is 2.25. The van der Waals surface area contributed by atoms with Crippen molar-refractivity contribution in [3.05, 3.63) is 11.8 Å². The van der Waals surface area contributed by atoms with Crippen LogP contribution in [0.25, 0.3) is 0 Å². The zero-order chi connectivity index (χ0) is 14.9. The number of amides is 1. The normalized spacial score (nSPS) is 15.6. The molecular formula is C14H24N4O2. The van der Waals surface area contributed by atoms with E-state index in [9.17, 15) is 4.79 Å². The van der Waals surface area contributed by atoms with E-state index >= 15 is 0 Å². The summed E-state index contributed by atoms with van der Waals surface area (Å²) in [5.41, 5.74) is 0.593. The minimum Gasteiger partial charge on any atom is -0.444 e. The van der Waals surface area contributed by atoms with Gasteiger partial charge in [-0.3, -0.25) is 4.68 Å². The van der Waals surface area contributed by atoms with Crippen LogP contribution < -0.4 is 4.90 Å². The molecule has 0 bridgehead atoms. The zero-order valence-corrected chi connectivity index (χ0v) is 13.0. The van der Waals surface area contributed by atoms with Crippen LogP contribution in [0.5, 0.6) is 0 Å². The summed E-state index contributed by atoms with van der Waals surface area (Å²) in [7, 11) is 3.93. The van der Waals surface area contributed by atoms with Crippen molar-refractivity contribution < 1.29 is 9.53 Å². The van der Waals surface area contributed by atoms with Gasteiger partial charge < -0.3 is 14.5 Å². The van der Waals surface area contributed by atoms with Crippen molar-refractivity contribution in [3.8, 4) is 0 Å². The molecule has 1 amide bonds. The molecule has 0 N–H and O–H groups in total. The maximum Gasteiger partial charge on any atom is 0.410 e. The summed E-state index contributed by atoms with van der Waals surface area (Å²) in [4.78, 5) is 15.9. The lowest BCUT2D eigenvalue weighted by Crippen LogP contribution is -2.36. The van der Waals surface area contributed by atoms with Gasteiger partial charge >= 0.3 is 6.09 Å². The van der Waals surface area contributed by atoms with E-state index in [0.717, 1.165) is 24.5 Å². The molecule has 1 aromatic heterocycles. The van der Waals surface area contributed by atoms with Gasteiger partial charge in [0, 0.05) is 33.3 Å². The predicted molar refractivity (Wildman–Crippen MR) is 77.8 cm³/mol. The van der Waals surface area contributed by atoms with Gasteiger partial charge in [-0.05, 0) is 27.2 Å². The smallest absolute Gasteiger partial charge is 0.410 e. The standard InChI is InChI=1S/C14H24N4O2/c1-14(2,3)20-13(19)17-7-6-8-18-11(10-17)9-12(15-18)16(4)5/h9H,6-8,10H2,1-5H3. The Morgan fingerprint density at radius 1 is 1.35 bits per heavy atom. The van der Waals surface area contributed by atoms with Crippen molar-refractivity contribution in [2.75, 3.05) is 25.5 Å². The van der Waals surface area contributed by atoms with E-state index in [1.165, 1.54) is 0 Å². The Bertz CT molecular complexity index is 488. The monoisotopic (exact) mass is 280 g/mol.